The van der Waals surface area contributed by atoms with Crippen LogP contribution in [-0.2, 0) is 11.3 Å². The number of nitrogens with zero attached hydrogens (tertiary/aromatic N) is 3. The average molecular weight is 430 g/mol. The molecule has 3 atom stereocenters. The Balaban J connectivity index is 1.14. The third-order valence-electron chi connectivity index (χ3n) is 6.64. The number of hydrogen-bond acceptors (Lipinski definition) is 4. The van der Waals surface area contributed by atoms with Crippen LogP contribution < -0.4 is 0 Å². The van der Waals surface area contributed by atoms with Gasteiger partial charge < -0.3 is 9.64 Å². The molecule has 1 saturated heterocycles. The molecule has 1 saturated carbocycles. The highest BCUT2D eigenvalue weighted by atomic mass is 16.5. The van der Waals surface area contributed by atoms with Gasteiger partial charge in [0.1, 0.15) is 5.69 Å². The Bertz CT molecular complexity index is 1110. The third-order valence-corrected chi connectivity index (χ3v) is 6.64. The molecule has 2 aromatic carbocycles. The molecule has 2 fully saturated rings. The van der Waals surface area contributed by atoms with Gasteiger partial charge in [-0.2, -0.15) is 9.78 Å². The van der Waals surface area contributed by atoms with Crippen molar-refractivity contribution < 1.29 is 14.3 Å². The summed E-state index contributed by atoms with van der Waals surface area (Å²) in [6, 6.07) is 20.3. The molecule has 164 valence electrons. The summed E-state index contributed by atoms with van der Waals surface area (Å²) in [5.41, 5.74) is 3.92. The Labute approximate surface area is 187 Å². The van der Waals surface area contributed by atoms with Crippen LogP contribution in [0.4, 0.5) is 4.79 Å². The number of aromatic nitrogens is 2. The van der Waals surface area contributed by atoms with Gasteiger partial charge in [0, 0.05) is 26.2 Å². The molecule has 6 nitrogen and oxygen atoms in total. The van der Waals surface area contributed by atoms with Gasteiger partial charge >= 0.3 is 6.03 Å². The number of likely N-dealkylation sites (tertiary alicyclic amines) is 1. The molecule has 1 aromatic heterocycles. The largest absolute Gasteiger partial charge is 0.374 e. The van der Waals surface area contributed by atoms with Gasteiger partial charge in [-0.05, 0) is 53.5 Å². The second kappa shape index (κ2) is 8.71. The van der Waals surface area contributed by atoms with E-state index < -0.39 is 0 Å². The predicted octanol–water partition coefficient (Wildman–Crippen LogP) is 4.65. The molecule has 6 heteroatoms. The number of carbonyl (C=O) groups excluding carboxylic acids is 2. The quantitative estimate of drug-likeness (QED) is 0.554. The van der Waals surface area contributed by atoms with Crippen LogP contribution in [0.3, 0.4) is 0 Å². The van der Waals surface area contributed by atoms with Crippen LogP contribution in [0.1, 0.15) is 35.8 Å². The van der Waals surface area contributed by atoms with Gasteiger partial charge in [-0.3, -0.25) is 4.79 Å². The van der Waals surface area contributed by atoms with Crippen molar-refractivity contribution in [1.29, 1.82) is 0 Å². The van der Waals surface area contributed by atoms with Crippen LogP contribution in [0, 0.1) is 11.8 Å². The highest BCUT2D eigenvalue weighted by Crippen LogP contribution is 2.40. The lowest BCUT2D eigenvalue weighted by molar-refractivity contribution is 0.0383. The molecule has 32 heavy (non-hydrogen) atoms. The SMILES string of the molecule is CC(=O)c1ccn(C(=O)N2C[C@H]3C[C@@H](OCc4cccc(-c5ccccc5)c4)C[C@H]3C2)n1. The summed E-state index contributed by atoms with van der Waals surface area (Å²) in [6.45, 7) is 3.51. The first-order chi connectivity index (χ1) is 15.6. The molecular formula is C26H27N3O3. The Hall–Kier alpha value is -3.25. The Morgan fingerprint density at radius 3 is 2.38 bits per heavy atom. The Kier molecular flexibility index (Phi) is 5.62. The smallest absolute Gasteiger partial charge is 0.344 e. The van der Waals surface area contributed by atoms with E-state index in [-0.39, 0.29) is 17.9 Å². The van der Waals surface area contributed by atoms with E-state index in [1.165, 1.54) is 28.3 Å². The molecule has 1 aliphatic carbocycles. The summed E-state index contributed by atoms with van der Waals surface area (Å²) >= 11 is 0. The summed E-state index contributed by atoms with van der Waals surface area (Å²) < 4.78 is 7.55. The summed E-state index contributed by atoms with van der Waals surface area (Å²) in [7, 11) is 0. The second-order valence-electron chi connectivity index (χ2n) is 8.88. The van der Waals surface area contributed by atoms with Crippen LogP contribution >= 0.6 is 0 Å². The highest BCUT2D eigenvalue weighted by Gasteiger charge is 2.43. The normalized spacial score (nSPS) is 22.2. The van der Waals surface area contributed by atoms with E-state index in [0.717, 1.165) is 25.9 Å². The molecule has 2 aliphatic rings. The first kappa shape index (κ1) is 20.6. The van der Waals surface area contributed by atoms with E-state index in [9.17, 15) is 9.59 Å². The van der Waals surface area contributed by atoms with Crippen molar-refractivity contribution in [1.82, 2.24) is 14.7 Å². The van der Waals surface area contributed by atoms with E-state index in [0.29, 0.717) is 24.1 Å². The first-order valence-electron chi connectivity index (χ1n) is 11.2. The molecule has 1 amide bonds. The minimum absolute atomic E-state index is 0.135. The van der Waals surface area contributed by atoms with Crippen molar-refractivity contribution >= 4 is 11.8 Å². The second-order valence-corrected chi connectivity index (χ2v) is 8.88. The number of amides is 1. The van der Waals surface area contributed by atoms with Gasteiger partial charge in [0.2, 0.25) is 0 Å². The van der Waals surface area contributed by atoms with Gasteiger partial charge in [-0.25, -0.2) is 4.79 Å². The zero-order valence-electron chi connectivity index (χ0n) is 18.2. The monoisotopic (exact) mass is 429 g/mol. The maximum atomic E-state index is 12.7. The number of ketones is 1. The van der Waals surface area contributed by atoms with Gasteiger partial charge in [0.05, 0.1) is 12.7 Å². The topological polar surface area (TPSA) is 64.4 Å². The zero-order valence-corrected chi connectivity index (χ0v) is 18.2. The molecular weight excluding hydrogens is 402 g/mol. The minimum atomic E-state index is -0.151. The van der Waals surface area contributed by atoms with Gasteiger partial charge in [-0.15, -0.1) is 0 Å². The van der Waals surface area contributed by atoms with Crippen molar-refractivity contribution in [3.63, 3.8) is 0 Å². The van der Waals surface area contributed by atoms with Crippen molar-refractivity contribution in [2.75, 3.05) is 13.1 Å². The van der Waals surface area contributed by atoms with Crippen molar-refractivity contribution in [2.45, 2.75) is 32.5 Å². The van der Waals surface area contributed by atoms with Crippen LogP contribution in [0.5, 0.6) is 0 Å². The van der Waals surface area contributed by atoms with Crippen molar-refractivity contribution in [3.05, 3.63) is 78.1 Å². The van der Waals surface area contributed by atoms with Crippen molar-refractivity contribution in [3.8, 4) is 11.1 Å². The average Bonchev–Trinajstić information content (AvgIpc) is 3.53. The van der Waals surface area contributed by atoms with E-state index in [2.05, 4.69) is 53.6 Å². The van der Waals surface area contributed by atoms with Gasteiger partial charge in [0.15, 0.2) is 5.78 Å². The van der Waals surface area contributed by atoms with E-state index in [4.69, 9.17) is 4.74 Å². The van der Waals surface area contributed by atoms with E-state index in [1.54, 1.807) is 12.3 Å². The molecule has 2 heterocycles. The number of ether oxygens (including phenoxy) is 1. The molecule has 1 aliphatic heterocycles. The number of rotatable bonds is 5. The summed E-state index contributed by atoms with van der Waals surface area (Å²) in [4.78, 5) is 26.0. The Morgan fingerprint density at radius 2 is 1.69 bits per heavy atom. The van der Waals surface area contributed by atoms with Crippen LogP contribution in [-0.4, -0.2) is 45.7 Å². The van der Waals surface area contributed by atoms with Gasteiger partial charge in [-0.1, -0.05) is 48.5 Å². The fourth-order valence-corrected chi connectivity index (χ4v) is 4.99. The summed E-state index contributed by atoms with van der Waals surface area (Å²) in [5, 5.41) is 4.11. The maximum absolute atomic E-state index is 12.7. The maximum Gasteiger partial charge on any atom is 0.344 e. The standard InChI is InChI=1S/C26H27N3O3/c1-18(30)25-10-11-29(27-25)26(31)28-15-22-13-24(14-23(22)16-28)32-17-19-6-5-9-21(12-19)20-7-3-2-4-8-20/h2-12,22-24H,13-17H2,1H3/t22-,23+,24-. The lowest BCUT2D eigenvalue weighted by atomic mass is 10.0. The molecule has 0 unspecified atom stereocenters. The first-order valence-corrected chi connectivity index (χ1v) is 11.2. The van der Waals surface area contributed by atoms with E-state index in [1.807, 2.05) is 11.0 Å². The number of benzene rings is 2. The molecule has 0 N–H and O–H groups in total. The van der Waals surface area contributed by atoms with Crippen LogP contribution in [0.25, 0.3) is 11.1 Å². The van der Waals surface area contributed by atoms with Crippen LogP contribution in [0.15, 0.2) is 66.9 Å². The number of carbonyl (C=O) groups is 2. The summed E-state index contributed by atoms with van der Waals surface area (Å²) in [5.74, 6) is 0.786. The van der Waals surface area contributed by atoms with Crippen molar-refractivity contribution in [2.24, 2.45) is 11.8 Å². The number of hydrogen-bond donors (Lipinski definition) is 0. The van der Waals surface area contributed by atoms with Gasteiger partial charge in [0.25, 0.3) is 0 Å². The zero-order chi connectivity index (χ0) is 22.1. The third kappa shape index (κ3) is 4.23. The fourth-order valence-electron chi connectivity index (χ4n) is 4.99. The molecule has 0 radical (unpaired) electrons. The lowest BCUT2D eigenvalue weighted by Gasteiger charge is -2.19. The molecule has 5 rings (SSSR count). The highest BCUT2D eigenvalue weighted by molar-refractivity contribution is 5.92. The number of fused-ring (bicyclic) bond motifs is 1. The minimum Gasteiger partial charge on any atom is -0.374 e. The summed E-state index contributed by atoms with van der Waals surface area (Å²) in [6.07, 6.45) is 3.76. The Morgan fingerprint density at radius 1 is 0.969 bits per heavy atom. The molecule has 3 aromatic rings. The molecule has 0 bridgehead atoms. The van der Waals surface area contributed by atoms with E-state index >= 15 is 0 Å². The van der Waals surface area contributed by atoms with Crippen LogP contribution in [0.2, 0.25) is 0 Å². The lowest BCUT2D eigenvalue weighted by Crippen LogP contribution is -2.34. The predicted molar refractivity (Wildman–Crippen MR) is 121 cm³/mol. The number of Topliss-reactive ketones (excluding diaryl/α,β-unsaturated/α-hetero) is 1. The molecule has 0 spiro atoms. The fraction of sp³-hybridized carbons (Fsp3) is 0.346.